The van der Waals surface area contributed by atoms with E-state index in [4.69, 9.17) is 0 Å². The van der Waals surface area contributed by atoms with Gasteiger partial charge < -0.3 is 10.2 Å². The van der Waals surface area contributed by atoms with Crippen molar-refractivity contribution in [3.05, 3.63) is 94.0 Å². The second-order valence-electron chi connectivity index (χ2n) is 9.59. The smallest absolute Gasteiger partial charge is 0.264 e. The van der Waals surface area contributed by atoms with Gasteiger partial charge in [0.05, 0.1) is 10.6 Å². The first-order chi connectivity index (χ1) is 18.5. The van der Waals surface area contributed by atoms with Crippen LogP contribution in [-0.2, 0) is 26.2 Å². The Hall–Kier alpha value is -3.17. The van der Waals surface area contributed by atoms with Crippen LogP contribution in [0.3, 0.4) is 0 Å². The molecule has 2 amide bonds. The van der Waals surface area contributed by atoms with Gasteiger partial charge in [-0.3, -0.25) is 13.9 Å². The van der Waals surface area contributed by atoms with Crippen molar-refractivity contribution in [2.75, 3.05) is 17.4 Å². The Labute approximate surface area is 240 Å². The molecule has 0 spiro atoms. The molecule has 0 aliphatic heterocycles. The summed E-state index contributed by atoms with van der Waals surface area (Å²) >= 11 is 3.46. The molecule has 0 unspecified atom stereocenters. The minimum Gasteiger partial charge on any atom is -0.354 e. The molecular formula is C30H36BrN3O4S. The topological polar surface area (TPSA) is 86.8 Å². The zero-order valence-electron chi connectivity index (χ0n) is 22.9. The first kappa shape index (κ1) is 30.4. The highest BCUT2D eigenvalue weighted by atomic mass is 79.9. The lowest BCUT2D eigenvalue weighted by molar-refractivity contribution is -0.139. The number of benzene rings is 3. The molecule has 0 heterocycles. The summed E-state index contributed by atoms with van der Waals surface area (Å²) in [5.41, 5.74) is 2.94. The van der Waals surface area contributed by atoms with Gasteiger partial charge in [-0.05, 0) is 68.7 Å². The lowest BCUT2D eigenvalue weighted by Gasteiger charge is -2.32. The zero-order valence-corrected chi connectivity index (χ0v) is 25.3. The normalized spacial score (nSPS) is 12.0. The molecule has 3 rings (SSSR count). The molecular weight excluding hydrogens is 578 g/mol. The molecule has 0 radical (unpaired) electrons. The van der Waals surface area contributed by atoms with Gasteiger partial charge in [0.1, 0.15) is 12.6 Å². The van der Waals surface area contributed by atoms with E-state index in [0.717, 1.165) is 38.3 Å². The summed E-state index contributed by atoms with van der Waals surface area (Å²) in [7, 11) is -4.08. The summed E-state index contributed by atoms with van der Waals surface area (Å²) in [5.74, 6) is -0.761. The number of nitrogens with one attached hydrogen (secondary N) is 1. The van der Waals surface area contributed by atoms with Crippen LogP contribution in [0.2, 0.25) is 0 Å². The van der Waals surface area contributed by atoms with Crippen LogP contribution in [0.4, 0.5) is 5.69 Å². The summed E-state index contributed by atoms with van der Waals surface area (Å²) < 4.78 is 29.7. The maximum Gasteiger partial charge on any atom is 0.264 e. The molecule has 0 fully saturated rings. The highest BCUT2D eigenvalue weighted by Crippen LogP contribution is 2.28. The maximum absolute atomic E-state index is 14.0. The van der Waals surface area contributed by atoms with Gasteiger partial charge in [0, 0.05) is 17.6 Å². The van der Waals surface area contributed by atoms with Crippen LogP contribution >= 0.6 is 15.9 Å². The number of carbonyl (C=O) groups is 2. The number of nitrogens with zero attached hydrogens (tertiary/aromatic N) is 2. The quantitative estimate of drug-likeness (QED) is 0.270. The van der Waals surface area contributed by atoms with Crippen molar-refractivity contribution >= 4 is 43.5 Å². The number of sulfonamides is 1. The second-order valence-corrected chi connectivity index (χ2v) is 12.4. The number of unbranched alkanes of at least 4 members (excludes halogenated alkanes) is 1. The van der Waals surface area contributed by atoms with E-state index in [9.17, 15) is 18.0 Å². The number of halogens is 1. The van der Waals surface area contributed by atoms with Crippen molar-refractivity contribution in [3.8, 4) is 0 Å². The Bertz CT molecular complexity index is 1400. The predicted molar refractivity (Wildman–Crippen MR) is 159 cm³/mol. The molecule has 9 heteroatoms. The number of hydrogen-bond donors (Lipinski definition) is 1. The van der Waals surface area contributed by atoms with Crippen LogP contribution < -0.4 is 9.62 Å². The minimum absolute atomic E-state index is 0.0849. The van der Waals surface area contributed by atoms with Gasteiger partial charge in [0.15, 0.2) is 0 Å². The number of aryl methyl sites for hydroxylation is 2. The van der Waals surface area contributed by atoms with Gasteiger partial charge in [0.25, 0.3) is 10.0 Å². The first-order valence-corrected chi connectivity index (χ1v) is 15.2. The fraction of sp³-hybridized carbons (Fsp3) is 0.333. The van der Waals surface area contributed by atoms with Crippen LogP contribution in [-0.4, -0.2) is 44.3 Å². The molecule has 3 aromatic rings. The van der Waals surface area contributed by atoms with Gasteiger partial charge in [0.2, 0.25) is 11.8 Å². The molecule has 208 valence electrons. The van der Waals surface area contributed by atoms with Crippen molar-refractivity contribution in [3.63, 3.8) is 0 Å². The lowest BCUT2D eigenvalue weighted by atomic mass is 10.1. The minimum atomic E-state index is -4.08. The Morgan fingerprint density at radius 3 is 2.33 bits per heavy atom. The van der Waals surface area contributed by atoms with E-state index in [1.165, 1.54) is 17.0 Å². The predicted octanol–water partition coefficient (Wildman–Crippen LogP) is 5.59. The summed E-state index contributed by atoms with van der Waals surface area (Å²) in [6.07, 6.45) is 1.76. The highest BCUT2D eigenvalue weighted by molar-refractivity contribution is 9.10. The molecule has 0 saturated carbocycles. The molecule has 0 saturated heterocycles. The SMILES string of the molecule is CCCCNC(=O)[C@@H](C)N(Cc1cccc(Br)c1)C(=O)CN(c1ccc(C)cc1C)S(=O)(=O)c1ccccc1. The van der Waals surface area contributed by atoms with E-state index < -0.39 is 28.5 Å². The molecule has 0 bridgehead atoms. The van der Waals surface area contributed by atoms with Crippen molar-refractivity contribution < 1.29 is 18.0 Å². The third-order valence-electron chi connectivity index (χ3n) is 6.47. The van der Waals surface area contributed by atoms with E-state index in [0.29, 0.717) is 12.2 Å². The number of anilines is 1. The summed E-state index contributed by atoms with van der Waals surface area (Å²) in [6.45, 7) is 7.65. The Kier molecular flexibility index (Phi) is 10.7. The summed E-state index contributed by atoms with van der Waals surface area (Å²) in [6, 6.07) is 20.2. The van der Waals surface area contributed by atoms with E-state index >= 15 is 0 Å². The van der Waals surface area contributed by atoms with Gasteiger partial charge in [-0.25, -0.2) is 8.42 Å². The van der Waals surface area contributed by atoms with Gasteiger partial charge in [-0.2, -0.15) is 0 Å². The summed E-state index contributed by atoms with van der Waals surface area (Å²) in [4.78, 5) is 28.5. The van der Waals surface area contributed by atoms with Crippen molar-refractivity contribution in [1.82, 2.24) is 10.2 Å². The van der Waals surface area contributed by atoms with Crippen LogP contribution in [0.5, 0.6) is 0 Å². The average Bonchev–Trinajstić information content (AvgIpc) is 2.91. The van der Waals surface area contributed by atoms with E-state index in [1.54, 1.807) is 31.2 Å². The number of rotatable bonds is 12. The number of hydrogen-bond acceptors (Lipinski definition) is 4. The zero-order chi connectivity index (χ0) is 28.6. The molecule has 0 aromatic heterocycles. The monoisotopic (exact) mass is 613 g/mol. The lowest BCUT2D eigenvalue weighted by Crippen LogP contribution is -2.51. The molecule has 39 heavy (non-hydrogen) atoms. The number of amides is 2. The molecule has 1 N–H and O–H groups in total. The third kappa shape index (κ3) is 7.92. The molecule has 0 aliphatic carbocycles. The molecule has 7 nitrogen and oxygen atoms in total. The highest BCUT2D eigenvalue weighted by Gasteiger charge is 2.33. The van der Waals surface area contributed by atoms with E-state index in [1.807, 2.05) is 57.2 Å². The van der Waals surface area contributed by atoms with Crippen LogP contribution in [0.15, 0.2) is 82.2 Å². The fourth-order valence-electron chi connectivity index (χ4n) is 4.27. The molecule has 0 aliphatic rings. The van der Waals surface area contributed by atoms with Gasteiger partial charge >= 0.3 is 0 Å². The fourth-order valence-corrected chi connectivity index (χ4v) is 6.22. The molecule has 1 atom stereocenters. The summed E-state index contributed by atoms with van der Waals surface area (Å²) in [5, 5.41) is 2.90. The molecule has 3 aromatic carbocycles. The Balaban J connectivity index is 2.02. The van der Waals surface area contributed by atoms with Crippen LogP contribution in [0, 0.1) is 13.8 Å². The first-order valence-electron chi connectivity index (χ1n) is 13.0. The largest absolute Gasteiger partial charge is 0.354 e. The van der Waals surface area contributed by atoms with Gasteiger partial charge in [-0.15, -0.1) is 0 Å². The van der Waals surface area contributed by atoms with Crippen molar-refractivity contribution in [2.24, 2.45) is 0 Å². The standard InChI is InChI=1S/C30H36BrN3O4S/c1-5-6-17-32-30(36)24(4)33(20-25-11-10-12-26(31)19-25)29(35)21-34(28-16-15-22(2)18-23(28)3)39(37,38)27-13-8-7-9-14-27/h7-16,18-19,24H,5-6,17,20-21H2,1-4H3,(H,32,36)/t24-/m1/s1. The second kappa shape index (κ2) is 13.8. The average molecular weight is 615 g/mol. The van der Waals surface area contributed by atoms with Crippen molar-refractivity contribution in [2.45, 2.75) is 58.0 Å². The third-order valence-corrected chi connectivity index (χ3v) is 8.74. The van der Waals surface area contributed by atoms with E-state index in [-0.39, 0.29) is 17.3 Å². The van der Waals surface area contributed by atoms with E-state index in [2.05, 4.69) is 21.2 Å². The van der Waals surface area contributed by atoms with Crippen LogP contribution in [0.1, 0.15) is 43.4 Å². The Morgan fingerprint density at radius 2 is 1.69 bits per heavy atom. The van der Waals surface area contributed by atoms with Gasteiger partial charge in [-0.1, -0.05) is 77.3 Å². The maximum atomic E-state index is 14.0. The Morgan fingerprint density at radius 1 is 0.974 bits per heavy atom. The van der Waals surface area contributed by atoms with Crippen molar-refractivity contribution in [1.29, 1.82) is 0 Å². The van der Waals surface area contributed by atoms with Crippen LogP contribution in [0.25, 0.3) is 0 Å². The number of carbonyl (C=O) groups excluding carboxylic acids is 2.